The van der Waals surface area contributed by atoms with E-state index in [9.17, 15) is 4.79 Å². The van der Waals surface area contributed by atoms with Crippen LogP contribution in [-0.2, 0) is 13.0 Å². The highest BCUT2D eigenvalue weighted by Crippen LogP contribution is 2.30. The SMILES string of the molecule is CCc1nc(C(=O)N(Cc2cccs2)C2CC2)n[nH]1. The topological polar surface area (TPSA) is 61.9 Å². The first kappa shape index (κ1) is 12.3. The molecule has 2 heterocycles. The monoisotopic (exact) mass is 276 g/mol. The molecule has 0 saturated heterocycles. The van der Waals surface area contributed by atoms with Crippen molar-refractivity contribution in [1.82, 2.24) is 20.1 Å². The molecule has 5 nitrogen and oxygen atoms in total. The van der Waals surface area contributed by atoms with Gasteiger partial charge in [0.1, 0.15) is 5.82 Å². The Morgan fingerprint density at radius 2 is 2.42 bits per heavy atom. The molecule has 1 N–H and O–H groups in total. The van der Waals surface area contributed by atoms with E-state index in [0.29, 0.717) is 18.4 Å². The van der Waals surface area contributed by atoms with Crippen LogP contribution in [0.15, 0.2) is 17.5 Å². The number of H-pyrrole nitrogens is 1. The van der Waals surface area contributed by atoms with Gasteiger partial charge in [-0.2, -0.15) is 0 Å². The van der Waals surface area contributed by atoms with Gasteiger partial charge in [0.05, 0.1) is 6.54 Å². The van der Waals surface area contributed by atoms with Gasteiger partial charge < -0.3 is 4.90 Å². The van der Waals surface area contributed by atoms with E-state index in [1.807, 2.05) is 23.3 Å². The van der Waals surface area contributed by atoms with Gasteiger partial charge in [-0.25, -0.2) is 4.98 Å². The first-order valence-electron chi connectivity index (χ1n) is 6.52. The highest BCUT2D eigenvalue weighted by atomic mass is 32.1. The standard InChI is InChI=1S/C13H16N4OS/c1-2-11-14-12(16-15-11)13(18)17(9-5-6-9)8-10-4-3-7-19-10/h3-4,7,9H,2,5-6,8H2,1H3,(H,14,15,16). The summed E-state index contributed by atoms with van der Waals surface area (Å²) in [7, 11) is 0. The van der Waals surface area contributed by atoms with Gasteiger partial charge in [0.2, 0.25) is 5.82 Å². The minimum Gasteiger partial charge on any atom is -0.328 e. The molecule has 3 rings (SSSR count). The Morgan fingerprint density at radius 3 is 3.00 bits per heavy atom. The molecule has 2 aromatic heterocycles. The number of carbonyl (C=O) groups is 1. The fourth-order valence-corrected chi connectivity index (χ4v) is 2.70. The summed E-state index contributed by atoms with van der Waals surface area (Å²) in [4.78, 5) is 19.8. The minimum absolute atomic E-state index is 0.0631. The maximum atomic E-state index is 12.5. The van der Waals surface area contributed by atoms with E-state index < -0.39 is 0 Å². The second kappa shape index (κ2) is 5.13. The highest BCUT2D eigenvalue weighted by Gasteiger charge is 2.34. The molecule has 0 aliphatic heterocycles. The Kier molecular flexibility index (Phi) is 3.33. The molecule has 0 bridgehead atoms. The van der Waals surface area contributed by atoms with Crippen molar-refractivity contribution in [3.63, 3.8) is 0 Å². The molecule has 6 heteroatoms. The van der Waals surface area contributed by atoms with Gasteiger partial charge in [-0.05, 0) is 24.3 Å². The van der Waals surface area contributed by atoms with Crippen LogP contribution in [-0.4, -0.2) is 32.0 Å². The van der Waals surface area contributed by atoms with Crippen LogP contribution >= 0.6 is 11.3 Å². The van der Waals surface area contributed by atoms with E-state index in [1.54, 1.807) is 11.3 Å². The number of carbonyl (C=O) groups excluding carboxylic acids is 1. The van der Waals surface area contributed by atoms with Crippen LogP contribution in [0, 0.1) is 0 Å². The molecule has 0 radical (unpaired) electrons. The van der Waals surface area contributed by atoms with Crippen LogP contribution in [0.3, 0.4) is 0 Å². The van der Waals surface area contributed by atoms with E-state index in [-0.39, 0.29) is 5.91 Å². The molecule has 1 fully saturated rings. The number of nitrogens with one attached hydrogen (secondary N) is 1. The zero-order valence-electron chi connectivity index (χ0n) is 10.8. The van der Waals surface area contributed by atoms with Crippen LogP contribution < -0.4 is 0 Å². The van der Waals surface area contributed by atoms with Gasteiger partial charge in [0, 0.05) is 17.3 Å². The Bertz CT molecular complexity index is 559. The lowest BCUT2D eigenvalue weighted by Crippen LogP contribution is -2.33. The highest BCUT2D eigenvalue weighted by molar-refractivity contribution is 7.09. The zero-order valence-corrected chi connectivity index (χ0v) is 11.6. The molecule has 1 aliphatic rings. The summed E-state index contributed by atoms with van der Waals surface area (Å²) in [5.74, 6) is 0.988. The van der Waals surface area contributed by atoms with Crippen molar-refractivity contribution in [2.24, 2.45) is 0 Å². The van der Waals surface area contributed by atoms with Gasteiger partial charge in [0.15, 0.2) is 0 Å². The molecule has 100 valence electrons. The summed E-state index contributed by atoms with van der Waals surface area (Å²) < 4.78 is 0. The van der Waals surface area contributed by atoms with E-state index in [4.69, 9.17) is 0 Å². The van der Waals surface area contributed by atoms with Crippen LogP contribution in [0.2, 0.25) is 0 Å². The number of rotatable bonds is 5. The van der Waals surface area contributed by atoms with Gasteiger partial charge in [-0.3, -0.25) is 9.89 Å². The lowest BCUT2D eigenvalue weighted by atomic mass is 10.3. The maximum Gasteiger partial charge on any atom is 0.294 e. The summed E-state index contributed by atoms with van der Waals surface area (Å²) in [5.41, 5.74) is 0. The predicted octanol–water partition coefficient (Wildman–Crippen LogP) is 2.23. The lowest BCUT2D eigenvalue weighted by molar-refractivity contribution is 0.0719. The molecular weight excluding hydrogens is 260 g/mol. The van der Waals surface area contributed by atoms with E-state index in [0.717, 1.165) is 25.1 Å². The summed E-state index contributed by atoms with van der Waals surface area (Å²) in [6, 6.07) is 4.43. The third-order valence-corrected chi connectivity index (χ3v) is 4.07. The Labute approximate surface area is 115 Å². The van der Waals surface area contributed by atoms with Gasteiger partial charge in [-0.15, -0.1) is 16.4 Å². The summed E-state index contributed by atoms with van der Waals surface area (Å²) in [6.07, 6.45) is 2.93. The molecule has 0 atom stereocenters. The van der Waals surface area contributed by atoms with E-state index in [2.05, 4.69) is 21.2 Å². The Hall–Kier alpha value is -1.69. The largest absolute Gasteiger partial charge is 0.328 e. The van der Waals surface area contributed by atoms with Crippen molar-refractivity contribution in [3.8, 4) is 0 Å². The molecule has 1 aliphatic carbocycles. The number of aryl methyl sites for hydroxylation is 1. The van der Waals surface area contributed by atoms with Crippen molar-refractivity contribution < 1.29 is 4.79 Å². The molecule has 0 aromatic carbocycles. The van der Waals surface area contributed by atoms with Crippen LogP contribution in [0.5, 0.6) is 0 Å². The minimum atomic E-state index is -0.0631. The molecule has 0 unspecified atom stereocenters. The molecule has 1 amide bonds. The van der Waals surface area contributed by atoms with Crippen molar-refractivity contribution in [1.29, 1.82) is 0 Å². The smallest absolute Gasteiger partial charge is 0.294 e. The number of aromatic nitrogens is 3. The first-order valence-corrected chi connectivity index (χ1v) is 7.40. The normalized spacial score (nSPS) is 14.6. The second-order valence-corrected chi connectivity index (χ2v) is 5.74. The molecular formula is C13H16N4OS. The lowest BCUT2D eigenvalue weighted by Gasteiger charge is -2.19. The molecule has 1 saturated carbocycles. The summed E-state index contributed by atoms with van der Waals surface area (Å²) in [6.45, 7) is 2.65. The van der Waals surface area contributed by atoms with Crippen LogP contribution in [0.1, 0.15) is 41.1 Å². The van der Waals surface area contributed by atoms with Crippen molar-refractivity contribution in [3.05, 3.63) is 34.0 Å². The average Bonchev–Trinajstić information content (AvgIpc) is 2.95. The van der Waals surface area contributed by atoms with E-state index in [1.165, 1.54) is 4.88 Å². The number of amides is 1. The summed E-state index contributed by atoms with van der Waals surface area (Å²) >= 11 is 1.68. The molecule has 19 heavy (non-hydrogen) atoms. The molecule has 2 aromatic rings. The second-order valence-electron chi connectivity index (χ2n) is 4.70. The van der Waals surface area contributed by atoms with Gasteiger partial charge in [0.25, 0.3) is 5.91 Å². The summed E-state index contributed by atoms with van der Waals surface area (Å²) in [5, 5.41) is 8.86. The average molecular weight is 276 g/mol. The predicted molar refractivity (Wildman–Crippen MR) is 73.0 cm³/mol. The maximum absolute atomic E-state index is 12.5. The quantitative estimate of drug-likeness (QED) is 0.911. The number of nitrogens with zero attached hydrogens (tertiary/aromatic N) is 3. The van der Waals surface area contributed by atoms with Gasteiger partial charge >= 0.3 is 0 Å². The zero-order chi connectivity index (χ0) is 13.2. The number of aromatic amines is 1. The van der Waals surface area contributed by atoms with Crippen LogP contribution in [0.25, 0.3) is 0 Å². The van der Waals surface area contributed by atoms with Gasteiger partial charge in [-0.1, -0.05) is 13.0 Å². The fraction of sp³-hybridized carbons (Fsp3) is 0.462. The third-order valence-electron chi connectivity index (χ3n) is 3.21. The number of hydrogen-bond donors (Lipinski definition) is 1. The van der Waals surface area contributed by atoms with Crippen LogP contribution in [0.4, 0.5) is 0 Å². The Balaban J connectivity index is 1.77. The first-order chi connectivity index (χ1) is 9.28. The Morgan fingerprint density at radius 1 is 1.58 bits per heavy atom. The van der Waals surface area contributed by atoms with Crippen molar-refractivity contribution >= 4 is 17.2 Å². The number of hydrogen-bond acceptors (Lipinski definition) is 4. The van der Waals surface area contributed by atoms with E-state index >= 15 is 0 Å². The fourth-order valence-electron chi connectivity index (χ4n) is 2.00. The molecule has 0 spiro atoms. The van der Waals surface area contributed by atoms with Crippen molar-refractivity contribution in [2.45, 2.75) is 38.8 Å². The third kappa shape index (κ3) is 2.68. The number of thiophene rings is 1. The van der Waals surface area contributed by atoms with Crippen molar-refractivity contribution in [2.75, 3.05) is 0 Å².